The number of nitrogens with zero attached hydrogens (tertiary/aromatic N) is 1. The number of ether oxygens (including phenoxy) is 1. The zero-order chi connectivity index (χ0) is 11.5. The fourth-order valence-electron chi connectivity index (χ4n) is 2.01. The summed E-state index contributed by atoms with van der Waals surface area (Å²) in [6.07, 6.45) is 0. The van der Waals surface area contributed by atoms with Crippen molar-refractivity contribution in [3.8, 4) is 5.75 Å². The molecule has 1 aliphatic heterocycles. The Balaban J connectivity index is 2.31. The van der Waals surface area contributed by atoms with Gasteiger partial charge in [0.15, 0.2) is 0 Å². The van der Waals surface area contributed by atoms with E-state index >= 15 is 0 Å². The Bertz CT molecular complexity index is 376. The minimum Gasteiger partial charge on any atom is -0.496 e. The lowest BCUT2D eigenvalue weighted by Gasteiger charge is -2.30. The van der Waals surface area contributed by atoms with Crippen molar-refractivity contribution in [2.75, 3.05) is 38.2 Å². The van der Waals surface area contributed by atoms with Crippen LogP contribution in [0.15, 0.2) is 12.1 Å². The first kappa shape index (κ1) is 11.2. The third kappa shape index (κ3) is 2.11. The molecule has 0 radical (unpaired) electrons. The van der Waals surface area contributed by atoms with Crippen LogP contribution in [0.3, 0.4) is 0 Å². The Morgan fingerprint density at radius 3 is 2.62 bits per heavy atom. The molecule has 88 valence electrons. The van der Waals surface area contributed by atoms with Crippen LogP contribution in [0.2, 0.25) is 0 Å². The molecule has 1 fully saturated rings. The average molecular weight is 224 g/mol. The molecule has 0 bridgehead atoms. The molecular weight excluding hydrogens is 207 g/mol. The maximum atomic E-state index is 13.8. The maximum absolute atomic E-state index is 13.8. The summed E-state index contributed by atoms with van der Waals surface area (Å²) in [6, 6.07) is 3.33. The highest BCUT2D eigenvalue weighted by Gasteiger charge is 2.16. The molecule has 1 aromatic carbocycles. The zero-order valence-electron chi connectivity index (χ0n) is 9.72. The standard InChI is InChI=1S/C12H17FN2O/c1-9-7-10(13)11(8-12(9)16-2)15-5-3-14-4-6-15/h7-8,14H,3-6H2,1-2H3. The molecule has 0 unspecified atom stereocenters. The highest BCUT2D eigenvalue weighted by Crippen LogP contribution is 2.28. The highest BCUT2D eigenvalue weighted by atomic mass is 19.1. The molecule has 0 atom stereocenters. The number of benzene rings is 1. The van der Waals surface area contributed by atoms with E-state index in [0.29, 0.717) is 5.69 Å². The van der Waals surface area contributed by atoms with E-state index in [1.54, 1.807) is 13.2 Å². The van der Waals surface area contributed by atoms with E-state index in [9.17, 15) is 4.39 Å². The first-order valence-electron chi connectivity index (χ1n) is 5.52. The van der Waals surface area contributed by atoms with Crippen LogP contribution in [0, 0.1) is 12.7 Å². The minimum atomic E-state index is -0.166. The van der Waals surface area contributed by atoms with E-state index in [1.807, 2.05) is 11.8 Å². The van der Waals surface area contributed by atoms with Gasteiger partial charge in [0.2, 0.25) is 0 Å². The van der Waals surface area contributed by atoms with Crippen LogP contribution >= 0.6 is 0 Å². The van der Waals surface area contributed by atoms with E-state index < -0.39 is 0 Å². The van der Waals surface area contributed by atoms with Crippen molar-refractivity contribution in [1.29, 1.82) is 0 Å². The number of nitrogens with one attached hydrogen (secondary N) is 1. The van der Waals surface area contributed by atoms with Crippen molar-refractivity contribution in [2.24, 2.45) is 0 Å². The molecule has 4 heteroatoms. The van der Waals surface area contributed by atoms with Gasteiger partial charge in [-0.15, -0.1) is 0 Å². The zero-order valence-corrected chi connectivity index (χ0v) is 9.72. The molecule has 1 aromatic rings. The second-order valence-corrected chi connectivity index (χ2v) is 4.01. The Morgan fingerprint density at radius 2 is 2.00 bits per heavy atom. The van der Waals surface area contributed by atoms with E-state index in [2.05, 4.69) is 5.32 Å². The first-order chi connectivity index (χ1) is 7.72. The predicted molar refractivity (Wildman–Crippen MR) is 62.8 cm³/mol. The van der Waals surface area contributed by atoms with Crippen LogP contribution in [-0.2, 0) is 0 Å². The highest BCUT2D eigenvalue weighted by molar-refractivity contribution is 5.55. The van der Waals surface area contributed by atoms with Gasteiger partial charge in [-0.3, -0.25) is 0 Å². The van der Waals surface area contributed by atoms with Gasteiger partial charge in [0.1, 0.15) is 11.6 Å². The van der Waals surface area contributed by atoms with Crippen LogP contribution < -0.4 is 15.0 Å². The monoisotopic (exact) mass is 224 g/mol. The topological polar surface area (TPSA) is 24.5 Å². The molecule has 1 aliphatic rings. The number of halogens is 1. The Morgan fingerprint density at radius 1 is 1.31 bits per heavy atom. The van der Waals surface area contributed by atoms with Gasteiger partial charge in [-0.25, -0.2) is 4.39 Å². The summed E-state index contributed by atoms with van der Waals surface area (Å²) < 4.78 is 19.1. The van der Waals surface area contributed by atoms with Gasteiger partial charge in [-0.2, -0.15) is 0 Å². The normalized spacial score (nSPS) is 16.3. The lowest BCUT2D eigenvalue weighted by Crippen LogP contribution is -2.43. The fraction of sp³-hybridized carbons (Fsp3) is 0.500. The Kier molecular flexibility index (Phi) is 3.29. The average Bonchev–Trinajstić information content (AvgIpc) is 2.30. The predicted octanol–water partition coefficient (Wildman–Crippen LogP) is 1.55. The van der Waals surface area contributed by atoms with Gasteiger partial charge in [0.05, 0.1) is 12.8 Å². The maximum Gasteiger partial charge on any atom is 0.147 e. The Labute approximate surface area is 95.2 Å². The van der Waals surface area contributed by atoms with Crippen LogP contribution in [0.1, 0.15) is 5.56 Å². The van der Waals surface area contributed by atoms with Crippen LogP contribution in [0.4, 0.5) is 10.1 Å². The number of hydrogen-bond donors (Lipinski definition) is 1. The van der Waals surface area contributed by atoms with Gasteiger partial charge in [0, 0.05) is 32.2 Å². The third-order valence-corrected chi connectivity index (χ3v) is 2.92. The van der Waals surface area contributed by atoms with E-state index in [4.69, 9.17) is 4.74 Å². The van der Waals surface area contributed by atoms with Crippen molar-refractivity contribution in [3.63, 3.8) is 0 Å². The molecule has 1 saturated heterocycles. The molecule has 3 nitrogen and oxygen atoms in total. The lowest BCUT2D eigenvalue weighted by molar-refractivity contribution is 0.410. The summed E-state index contributed by atoms with van der Waals surface area (Å²) in [5.41, 5.74) is 1.47. The van der Waals surface area contributed by atoms with Gasteiger partial charge >= 0.3 is 0 Å². The molecule has 0 aliphatic carbocycles. The van der Waals surface area contributed by atoms with Crippen LogP contribution in [0.5, 0.6) is 5.75 Å². The number of anilines is 1. The number of methoxy groups -OCH3 is 1. The second-order valence-electron chi connectivity index (χ2n) is 4.01. The van der Waals surface area contributed by atoms with Gasteiger partial charge in [-0.1, -0.05) is 0 Å². The summed E-state index contributed by atoms with van der Waals surface area (Å²) >= 11 is 0. The van der Waals surface area contributed by atoms with E-state index in [1.165, 1.54) is 6.07 Å². The summed E-state index contributed by atoms with van der Waals surface area (Å²) in [5, 5.41) is 3.25. The fourth-order valence-corrected chi connectivity index (χ4v) is 2.01. The summed E-state index contributed by atoms with van der Waals surface area (Å²) in [6.45, 7) is 5.32. The SMILES string of the molecule is COc1cc(N2CCNCC2)c(F)cc1C. The molecule has 0 spiro atoms. The first-order valence-corrected chi connectivity index (χ1v) is 5.52. The van der Waals surface area contributed by atoms with E-state index in [0.717, 1.165) is 37.5 Å². The quantitative estimate of drug-likeness (QED) is 0.825. The van der Waals surface area contributed by atoms with Gasteiger partial charge in [-0.05, 0) is 18.6 Å². The van der Waals surface area contributed by atoms with Crippen molar-refractivity contribution in [1.82, 2.24) is 5.32 Å². The summed E-state index contributed by atoms with van der Waals surface area (Å²) in [5.74, 6) is 0.579. The molecule has 1 N–H and O–H groups in total. The molecule has 16 heavy (non-hydrogen) atoms. The van der Waals surface area contributed by atoms with Crippen LogP contribution in [-0.4, -0.2) is 33.3 Å². The van der Waals surface area contributed by atoms with Crippen molar-refractivity contribution in [2.45, 2.75) is 6.92 Å². The minimum absolute atomic E-state index is 0.166. The second kappa shape index (κ2) is 4.70. The molecule has 1 heterocycles. The van der Waals surface area contributed by atoms with Crippen molar-refractivity contribution < 1.29 is 9.13 Å². The van der Waals surface area contributed by atoms with Gasteiger partial charge in [0.25, 0.3) is 0 Å². The number of rotatable bonds is 2. The van der Waals surface area contributed by atoms with Crippen molar-refractivity contribution in [3.05, 3.63) is 23.5 Å². The Hall–Kier alpha value is -1.29. The molecular formula is C12H17FN2O. The van der Waals surface area contributed by atoms with Gasteiger partial charge < -0.3 is 15.0 Å². The molecule has 0 aromatic heterocycles. The molecule has 0 amide bonds. The van der Waals surface area contributed by atoms with Crippen LogP contribution in [0.25, 0.3) is 0 Å². The molecule has 0 saturated carbocycles. The largest absolute Gasteiger partial charge is 0.496 e. The number of piperazine rings is 1. The molecule has 2 rings (SSSR count). The summed E-state index contributed by atoms with van der Waals surface area (Å²) in [7, 11) is 1.61. The smallest absolute Gasteiger partial charge is 0.147 e. The summed E-state index contributed by atoms with van der Waals surface area (Å²) in [4.78, 5) is 2.05. The van der Waals surface area contributed by atoms with E-state index in [-0.39, 0.29) is 5.82 Å². The lowest BCUT2D eigenvalue weighted by atomic mass is 10.1. The number of hydrogen-bond acceptors (Lipinski definition) is 3. The van der Waals surface area contributed by atoms with Crippen molar-refractivity contribution >= 4 is 5.69 Å². The third-order valence-electron chi connectivity index (χ3n) is 2.92. The number of aryl methyl sites for hydroxylation is 1.